The highest BCUT2D eigenvalue weighted by Gasteiger charge is 2.54. The first-order valence-electron chi connectivity index (χ1n) is 8.24. The maximum absolute atomic E-state index is 6.12. The van der Waals surface area contributed by atoms with Gasteiger partial charge in [-0.25, -0.2) is 0 Å². The first-order chi connectivity index (χ1) is 9.87. The Labute approximate surface area is 128 Å². The molecular formula is C15H28BN3O2. The molecule has 0 bridgehead atoms. The van der Waals surface area contributed by atoms with Crippen LogP contribution in [0, 0.1) is 0 Å². The molecule has 21 heavy (non-hydrogen) atoms. The summed E-state index contributed by atoms with van der Waals surface area (Å²) in [7, 11) is -0.171. The van der Waals surface area contributed by atoms with Crippen LogP contribution in [0.1, 0.15) is 40.5 Å². The van der Waals surface area contributed by atoms with E-state index in [4.69, 9.17) is 9.31 Å². The summed E-state index contributed by atoms with van der Waals surface area (Å²) in [6, 6.07) is 0. The molecule has 0 spiro atoms. The summed E-state index contributed by atoms with van der Waals surface area (Å²) in [6.07, 6.45) is 4.70. The molecule has 1 atom stereocenters. The molecular weight excluding hydrogens is 265 g/mol. The summed E-state index contributed by atoms with van der Waals surface area (Å²) >= 11 is 0. The van der Waals surface area contributed by atoms with Crippen molar-refractivity contribution in [3.8, 4) is 0 Å². The van der Waals surface area contributed by atoms with Crippen LogP contribution in [0.25, 0.3) is 0 Å². The predicted molar refractivity (Wildman–Crippen MR) is 85.6 cm³/mol. The maximum Gasteiger partial charge on any atom is 0.468 e. The van der Waals surface area contributed by atoms with Gasteiger partial charge in [-0.05, 0) is 53.6 Å². The molecule has 0 aliphatic carbocycles. The van der Waals surface area contributed by atoms with Gasteiger partial charge in [0.15, 0.2) is 0 Å². The third-order valence-corrected chi connectivity index (χ3v) is 5.34. The van der Waals surface area contributed by atoms with E-state index in [0.717, 1.165) is 19.6 Å². The minimum atomic E-state index is -0.255. The van der Waals surface area contributed by atoms with Gasteiger partial charge < -0.3 is 14.2 Å². The van der Waals surface area contributed by atoms with Crippen LogP contribution in [-0.2, 0) is 9.31 Å². The molecule has 3 aliphatic heterocycles. The second-order valence-corrected chi connectivity index (χ2v) is 7.51. The van der Waals surface area contributed by atoms with Gasteiger partial charge in [-0.2, -0.15) is 5.10 Å². The molecule has 2 fully saturated rings. The predicted octanol–water partition coefficient (Wildman–Crippen LogP) is 1.85. The zero-order chi connectivity index (χ0) is 15.1. The Kier molecular flexibility index (Phi) is 4.05. The van der Waals surface area contributed by atoms with E-state index in [2.05, 4.69) is 42.7 Å². The van der Waals surface area contributed by atoms with Crippen molar-refractivity contribution < 1.29 is 9.31 Å². The van der Waals surface area contributed by atoms with Crippen LogP contribution in [-0.4, -0.2) is 67.2 Å². The van der Waals surface area contributed by atoms with Crippen LogP contribution < -0.4 is 0 Å². The molecule has 3 rings (SSSR count). The number of hydrazone groups is 1. The maximum atomic E-state index is 6.12. The highest BCUT2D eigenvalue weighted by molar-refractivity contribution is 6.52. The SMILES string of the molecule is CC1(C)OB(C2C=NN(CCN3CCCC3)C2)OC1(C)C. The number of hydrogen-bond donors (Lipinski definition) is 0. The van der Waals surface area contributed by atoms with Crippen molar-refractivity contribution in [1.82, 2.24) is 9.91 Å². The summed E-state index contributed by atoms with van der Waals surface area (Å²) in [6.45, 7) is 13.9. The van der Waals surface area contributed by atoms with Gasteiger partial charge in [0.05, 0.1) is 17.0 Å². The molecule has 0 N–H and O–H groups in total. The highest BCUT2D eigenvalue weighted by atomic mass is 16.7. The minimum absolute atomic E-state index is 0.171. The van der Waals surface area contributed by atoms with Crippen LogP contribution in [0.4, 0.5) is 0 Å². The van der Waals surface area contributed by atoms with Gasteiger partial charge in [-0.1, -0.05) is 0 Å². The highest BCUT2D eigenvalue weighted by Crippen LogP contribution is 2.40. The van der Waals surface area contributed by atoms with Gasteiger partial charge in [0.1, 0.15) is 0 Å². The van der Waals surface area contributed by atoms with Gasteiger partial charge in [0.25, 0.3) is 0 Å². The van der Waals surface area contributed by atoms with E-state index in [9.17, 15) is 0 Å². The zero-order valence-electron chi connectivity index (χ0n) is 13.8. The van der Waals surface area contributed by atoms with Gasteiger partial charge >= 0.3 is 7.12 Å². The summed E-state index contributed by atoms with van der Waals surface area (Å²) in [5, 5.41) is 6.70. The number of rotatable bonds is 4. The Morgan fingerprint density at radius 2 is 1.71 bits per heavy atom. The van der Waals surface area contributed by atoms with E-state index in [1.54, 1.807) is 0 Å². The van der Waals surface area contributed by atoms with E-state index < -0.39 is 0 Å². The fraction of sp³-hybridized carbons (Fsp3) is 0.933. The summed E-state index contributed by atoms with van der Waals surface area (Å²) in [5.74, 6) is 0.240. The van der Waals surface area contributed by atoms with Gasteiger partial charge in [-0.3, -0.25) is 5.01 Å². The molecule has 6 heteroatoms. The van der Waals surface area contributed by atoms with Crippen LogP contribution in [0.5, 0.6) is 0 Å². The minimum Gasteiger partial charge on any atom is -0.403 e. The largest absolute Gasteiger partial charge is 0.468 e. The average molecular weight is 293 g/mol. The molecule has 0 aromatic heterocycles. The molecule has 0 saturated carbocycles. The fourth-order valence-corrected chi connectivity index (χ4v) is 3.15. The molecule has 0 amide bonds. The van der Waals surface area contributed by atoms with E-state index in [0.29, 0.717) is 0 Å². The van der Waals surface area contributed by atoms with Crippen molar-refractivity contribution in [2.75, 3.05) is 32.7 Å². The van der Waals surface area contributed by atoms with Crippen molar-refractivity contribution in [2.24, 2.45) is 5.10 Å². The molecule has 3 aliphatic rings. The van der Waals surface area contributed by atoms with Crippen molar-refractivity contribution in [2.45, 2.75) is 57.6 Å². The first kappa shape index (κ1) is 15.3. The molecule has 0 aromatic carbocycles. The topological polar surface area (TPSA) is 37.3 Å². The van der Waals surface area contributed by atoms with Gasteiger partial charge in [-0.15, -0.1) is 0 Å². The Balaban J connectivity index is 1.48. The Morgan fingerprint density at radius 3 is 2.33 bits per heavy atom. The Morgan fingerprint density at radius 1 is 1.10 bits per heavy atom. The van der Waals surface area contributed by atoms with Crippen LogP contribution in [0.3, 0.4) is 0 Å². The number of hydrogen-bond acceptors (Lipinski definition) is 5. The smallest absolute Gasteiger partial charge is 0.403 e. The van der Waals surface area contributed by atoms with E-state index in [1.165, 1.54) is 25.9 Å². The quantitative estimate of drug-likeness (QED) is 0.741. The summed E-state index contributed by atoms with van der Waals surface area (Å²) in [4.78, 5) is 2.53. The van der Waals surface area contributed by atoms with Crippen LogP contribution >= 0.6 is 0 Å². The lowest BCUT2D eigenvalue weighted by Crippen LogP contribution is -2.41. The second kappa shape index (κ2) is 5.56. The summed E-state index contributed by atoms with van der Waals surface area (Å²) in [5.41, 5.74) is -0.511. The van der Waals surface area contributed by atoms with Gasteiger partial charge in [0, 0.05) is 25.8 Å². The third kappa shape index (κ3) is 3.12. The van der Waals surface area contributed by atoms with E-state index in [-0.39, 0.29) is 24.1 Å². The number of likely N-dealkylation sites (tertiary alicyclic amines) is 1. The molecule has 1 unspecified atom stereocenters. The van der Waals surface area contributed by atoms with Crippen molar-refractivity contribution in [1.29, 1.82) is 0 Å². The number of nitrogens with zero attached hydrogens (tertiary/aromatic N) is 3. The second-order valence-electron chi connectivity index (χ2n) is 7.51. The van der Waals surface area contributed by atoms with Gasteiger partial charge in [0.2, 0.25) is 0 Å². The molecule has 5 nitrogen and oxygen atoms in total. The normalized spacial score (nSPS) is 31.5. The lowest BCUT2D eigenvalue weighted by Gasteiger charge is -2.32. The molecule has 2 saturated heterocycles. The average Bonchev–Trinajstić information content (AvgIpc) is 3.09. The molecule has 0 aromatic rings. The van der Waals surface area contributed by atoms with E-state index in [1.807, 2.05) is 6.21 Å². The Bertz CT molecular complexity index is 392. The lowest BCUT2D eigenvalue weighted by molar-refractivity contribution is 0.00578. The molecule has 3 heterocycles. The Hall–Kier alpha value is -0.585. The fourth-order valence-electron chi connectivity index (χ4n) is 3.15. The van der Waals surface area contributed by atoms with Crippen molar-refractivity contribution >= 4 is 13.3 Å². The standard InChI is InChI=1S/C15H28BN3O2/c1-14(2)15(3,4)21-16(20-14)13-11-17-19(12-13)10-9-18-7-5-6-8-18/h11,13H,5-10,12H2,1-4H3. The lowest BCUT2D eigenvalue weighted by atomic mass is 9.73. The van der Waals surface area contributed by atoms with Crippen molar-refractivity contribution in [3.63, 3.8) is 0 Å². The summed E-state index contributed by atoms with van der Waals surface area (Å²) < 4.78 is 12.2. The first-order valence-corrected chi connectivity index (χ1v) is 8.24. The van der Waals surface area contributed by atoms with Crippen molar-refractivity contribution in [3.05, 3.63) is 0 Å². The monoisotopic (exact) mass is 293 g/mol. The van der Waals surface area contributed by atoms with Crippen LogP contribution in [0.15, 0.2) is 5.10 Å². The van der Waals surface area contributed by atoms with Crippen LogP contribution in [0.2, 0.25) is 5.82 Å². The molecule has 118 valence electrons. The third-order valence-electron chi connectivity index (χ3n) is 5.34. The zero-order valence-corrected chi connectivity index (χ0v) is 13.8. The molecule has 0 radical (unpaired) electrons. The van der Waals surface area contributed by atoms with E-state index >= 15 is 0 Å².